The average molecular weight is 323 g/mol. The van der Waals surface area contributed by atoms with Gasteiger partial charge in [-0.1, -0.05) is 0 Å². The first-order valence-electron chi connectivity index (χ1n) is 6.12. The van der Waals surface area contributed by atoms with Crippen LogP contribution in [0.1, 0.15) is 29.3 Å². The zero-order valence-electron chi connectivity index (χ0n) is 11.5. The summed E-state index contributed by atoms with van der Waals surface area (Å²) in [7, 11) is -0.979. The standard InChI is InChI=1S/C13H16F3NO3S/c1-8(5-6-21(2)20)17-11-4-3-9(13(14,15)16)7-10(11)12(18)19/h3-4,7-8,17H,5-6H2,1-2H3,(H,18,19). The lowest BCUT2D eigenvalue weighted by atomic mass is 10.1. The van der Waals surface area contributed by atoms with E-state index in [9.17, 15) is 22.2 Å². The van der Waals surface area contributed by atoms with Crippen molar-refractivity contribution >= 4 is 22.5 Å². The fourth-order valence-corrected chi connectivity index (χ4v) is 2.39. The van der Waals surface area contributed by atoms with Gasteiger partial charge in [-0.25, -0.2) is 4.79 Å². The van der Waals surface area contributed by atoms with Crippen molar-refractivity contribution in [1.29, 1.82) is 0 Å². The first kappa shape index (κ1) is 17.5. The second kappa shape index (κ2) is 6.93. The Hall–Kier alpha value is -1.57. The van der Waals surface area contributed by atoms with Crippen molar-refractivity contribution in [2.24, 2.45) is 0 Å². The van der Waals surface area contributed by atoms with E-state index in [1.54, 1.807) is 13.2 Å². The average Bonchev–Trinajstić information content (AvgIpc) is 2.35. The van der Waals surface area contributed by atoms with Gasteiger partial charge in [-0.3, -0.25) is 4.21 Å². The Morgan fingerprint density at radius 2 is 2.05 bits per heavy atom. The summed E-state index contributed by atoms with van der Waals surface area (Å²) in [5.74, 6) is -1.01. The summed E-state index contributed by atoms with van der Waals surface area (Å²) in [6.45, 7) is 1.75. The second-order valence-electron chi connectivity index (χ2n) is 4.67. The maximum Gasteiger partial charge on any atom is 0.416 e. The zero-order chi connectivity index (χ0) is 16.2. The maximum absolute atomic E-state index is 12.6. The predicted octanol–water partition coefficient (Wildman–Crippen LogP) is 2.97. The molecule has 0 aliphatic carbocycles. The van der Waals surface area contributed by atoms with Gasteiger partial charge in [-0.15, -0.1) is 0 Å². The molecule has 0 saturated heterocycles. The van der Waals surface area contributed by atoms with Crippen molar-refractivity contribution in [2.75, 3.05) is 17.3 Å². The second-order valence-corrected chi connectivity index (χ2v) is 6.23. The summed E-state index contributed by atoms with van der Waals surface area (Å²) < 4.78 is 48.8. The molecular formula is C13H16F3NO3S. The highest BCUT2D eigenvalue weighted by molar-refractivity contribution is 7.84. The molecule has 0 spiro atoms. The number of anilines is 1. The highest BCUT2D eigenvalue weighted by Gasteiger charge is 2.31. The number of hydrogen-bond acceptors (Lipinski definition) is 3. The summed E-state index contributed by atoms with van der Waals surface area (Å²) >= 11 is 0. The van der Waals surface area contributed by atoms with Gasteiger partial charge in [0.25, 0.3) is 0 Å². The van der Waals surface area contributed by atoms with E-state index >= 15 is 0 Å². The molecule has 0 heterocycles. The molecule has 0 bridgehead atoms. The first-order chi connectivity index (χ1) is 9.61. The number of carboxylic acids is 1. The van der Waals surface area contributed by atoms with Gasteiger partial charge in [-0.2, -0.15) is 13.2 Å². The summed E-state index contributed by atoms with van der Waals surface area (Å²) in [6.07, 6.45) is -2.52. The Balaban J connectivity index is 2.97. The lowest BCUT2D eigenvalue weighted by Crippen LogP contribution is -2.20. The molecule has 0 aromatic heterocycles. The molecule has 0 radical (unpaired) electrons. The van der Waals surface area contributed by atoms with E-state index in [-0.39, 0.29) is 11.7 Å². The Morgan fingerprint density at radius 3 is 2.52 bits per heavy atom. The number of rotatable bonds is 6. The van der Waals surface area contributed by atoms with Crippen molar-refractivity contribution < 1.29 is 27.3 Å². The van der Waals surface area contributed by atoms with E-state index in [2.05, 4.69) is 5.32 Å². The number of carbonyl (C=O) groups is 1. The van der Waals surface area contributed by atoms with Gasteiger partial charge in [0.1, 0.15) is 0 Å². The third kappa shape index (κ3) is 5.37. The molecule has 0 fully saturated rings. The van der Waals surface area contributed by atoms with Crippen molar-refractivity contribution in [2.45, 2.75) is 25.6 Å². The van der Waals surface area contributed by atoms with Gasteiger partial charge in [0, 0.05) is 34.5 Å². The number of aromatic carboxylic acids is 1. The van der Waals surface area contributed by atoms with Crippen LogP contribution >= 0.6 is 0 Å². The number of carboxylic acid groups (broad SMARTS) is 1. The number of hydrogen-bond donors (Lipinski definition) is 2. The van der Waals surface area contributed by atoms with Gasteiger partial charge >= 0.3 is 12.1 Å². The van der Waals surface area contributed by atoms with Crippen molar-refractivity contribution in [1.82, 2.24) is 0 Å². The number of benzene rings is 1. The fraction of sp³-hybridized carbons (Fsp3) is 0.462. The van der Waals surface area contributed by atoms with E-state index in [1.165, 1.54) is 0 Å². The van der Waals surface area contributed by atoms with E-state index in [0.29, 0.717) is 18.2 Å². The fourth-order valence-electron chi connectivity index (χ4n) is 1.70. The quantitative estimate of drug-likeness (QED) is 0.845. The SMILES string of the molecule is CC(CCS(C)=O)Nc1ccc(C(F)(F)F)cc1C(=O)O. The van der Waals surface area contributed by atoms with E-state index in [0.717, 1.165) is 12.1 Å². The molecule has 8 heteroatoms. The van der Waals surface area contributed by atoms with Gasteiger partial charge in [-0.05, 0) is 31.5 Å². The van der Waals surface area contributed by atoms with Gasteiger partial charge in [0.2, 0.25) is 0 Å². The summed E-state index contributed by atoms with van der Waals surface area (Å²) in [5.41, 5.74) is -1.33. The highest BCUT2D eigenvalue weighted by Crippen LogP contribution is 2.32. The molecule has 2 unspecified atom stereocenters. The molecule has 1 aromatic carbocycles. The van der Waals surface area contributed by atoms with Crippen LogP contribution in [0.25, 0.3) is 0 Å². The summed E-state index contributed by atoms with van der Waals surface area (Å²) in [5, 5.41) is 11.9. The van der Waals surface area contributed by atoms with Crippen LogP contribution in [-0.4, -0.2) is 33.3 Å². The van der Waals surface area contributed by atoms with Crippen LogP contribution in [0.3, 0.4) is 0 Å². The number of nitrogens with one attached hydrogen (secondary N) is 1. The van der Waals surface area contributed by atoms with Crippen LogP contribution in [-0.2, 0) is 17.0 Å². The van der Waals surface area contributed by atoms with E-state index in [4.69, 9.17) is 5.11 Å². The molecule has 0 amide bonds. The smallest absolute Gasteiger partial charge is 0.416 e. The van der Waals surface area contributed by atoms with Crippen molar-refractivity contribution in [3.8, 4) is 0 Å². The molecule has 0 saturated carbocycles. The predicted molar refractivity (Wildman–Crippen MR) is 75.0 cm³/mol. The van der Waals surface area contributed by atoms with Crippen LogP contribution in [0.4, 0.5) is 18.9 Å². The Morgan fingerprint density at radius 1 is 1.43 bits per heavy atom. The molecule has 1 rings (SSSR count). The molecule has 0 aliphatic rings. The third-order valence-electron chi connectivity index (χ3n) is 2.82. The van der Waals surface area contributed by atoms with Gasteiger partial charge in [0.05, 0.1) is 11.1 Å². The summed E-state index contributed by atoms with van der Waals surface area (Å²) in [6, 6.07) is 2.34. The summed E-state index contributed by atoms with van der Waals surface area (Å²) in [4.78, 5) is 11.1. The van der Waals surface area contributed by atoms with Crippen LogP contribution < -0.4 is 5.32 Å². The normalized spacial score (nSPS) is 14.5. The van der Waals surface area contributed by atoms with Crippen LogP contribution in [0.2, 0.25) is 0 Å². The molecule has 2 N–H and O–H groups in total. The molecular weight excluding hydrogens is 307 g/mol. The first-order valence-corrected chi connectivity index (χ1v) is 7.85. The maximum atomic E-state index is 12.6. The van der Waals surface area contributed by atoms with E-state index in [1.807, 2.05) is 0 Å². The lowest BCUT2D eigenvalue weighted by Gasteiger charge is -2.17. The van der Waals surface area contributed by atoms with Crippen molar-refractivity contribution in [3.63, 3.8) is 0 Å². The molecule has 21 heavy (non-hydrogen) atoms. The van der Waals surface area contributed by atoms with Crippen molar-refractivity contribution in [3.05, 3.63) is 29.3 Å². The zero-order valence-corrected chi connectivity index (χ0v) is 12.3. The molecule has 0 aliphatic heterocycles. The Kier molecular flexibility index (Phi) is 5.77. The van der Waals surface area contributed by atoms with Crippen LogP contribution in [0.5, 0.6) is 0 Å². The van der Waals surface area contributed by atoms with Gasteiger partial charge in [0.15, 0.2) is 0 Å². The minimum Gasteiger partial charge on any atom is -0.478 e. The van der Waals surface area contributed by atoms with Crippen LogP contribution in [0.15, 0.2) is 18.2 Å². The number of halogens is 3. The Labute approximate surface area is 122 Å². The number of alkyl halides is 3. The monoisotopic (exact) mass is 323 g/mol. The van der Waals surface area contributed by atoms with Gasteiger partial charge < -0.3 is 10.4 Å². The largest absolute Gasteiger partial charge is 0.478 e. The lowest BCUT2D eigenvalue weighted by molar-refractivity contribution is -0.137. The molecule has 4 nitrogen and oxygen atoms in total. The minimum atomic E-state index is -4.59. The molecule has 2 atom stereocenters. The third-order valence-corrected chi connectivity index (χ3v) is 3.63. The van der Waals surface area contributed by atoms with E-state index < -0.39 is 34.1 Å². The molecule has 1 aromatic rings. The topological polar surface area (TPSA) is 66.4 Å². The minimum absolute atomic E-state index is 0.116. The van der Waals surface area contributed by atoms with Crippen LogP contribution in [0, 0.1) is 0 Å². The Bertz CT molecular complexity index is 546. The highest BCUT2D eigenvalue weighted by atomic mass is 32.2. The molecule has 118 valence electrons.